The van der Waals surface area contributed by atoms with Crippen LogP contribution < -0.4 is 5.32 Å². The van der Waals surface area contributed by atoms with Gasteiger partial charge in [-0.3, -0.25) is 0 Å². The molecule has 0 aliphatic rings. The SMILES string of the molecule is C=CCCCNCC(C)COC. The molecule has 0 radical (unpaired) electrons. The molecule has 1 N–H and O–H groups in total. The summed E-state index contributed by atoms with van der Waals surface area (Å²) in [6.45, 7) is 8.83. The van der Waals surface area contributed by atoms with Gasteiger partial charge < -0.3 is 10.1 Å². The zero-order chi connectivity index (χ0) is 9.23. The normalized spacial score (nSPS) is 12.8. The lowest BCUT2D eigenvalue weighted by Gasteiger charge is -2.10. The Bertz CT molecular complexity index is 104. The van der Waals surface area contributed by atoms with Gasteiger partial charge in [0.2, 0.25) is 0 Å². The van der Waals surface area contributed by atoms with E-state index in [2.05, 4.69) is 18.8 Å². The van der Waals surface area contributed by atoms with Crippen LogP contribution in [0.3, 0.4) is 0 Å². The van der Waals surface area contributed by atoms with Gasteiger partial charge in [-0.25, -0.2) is 0 Å². The number of methoxy groups -OCH3 is 1. The molecule has 0 aromatic carbocycles. The van der Waals surface area contributed by atoms with Gasteiger partial charge in [-0.15, -0.1) is 6.58 Å². The summed E-state index contributed by atoms with van der Waals surface area (Å²) in [5.41, 5.74) is 0. The van der Waals surface area contributed by atoms with Crippen LogP contribution in [0, 0.1) is 5.92 Å². The van der Waals surface area contributed by atoms with Gasteiger partial charge >= 0.3 is 0 Å². The molecule has 1 atom stereocenters. The van der Waals surface area contributed by atoms with Crippen molar-refractivity contribution in [2.24, 2.45) is 5.92 Å². The first-order valence-electron chi connectivity index (χ1n) is 4.61. The van der Waals surface area contributed by atoms with Crippen molar-refractivity contribution >= 4 is 0 Å². The maximum absolute atomic E-state index is 5.03. The lowest BCUT2D eigenvalue weighted by molar-refractivity contribution is 0.158. The molecule has 0 rings (SSSR count). The Kier molecular flexibility index (Phi) is 8.51. The summed E-state index contributed by atoms with van der Waals surface area (Å²) >= 11 is 0. The van der Waals surface area contributed by atoms with Crippen LogP contribution in [0.5, 0.6) is 0 Å². The minimum Gasteiger partial charge on any atom is -0.384 e. The second-order valence-corrected chi connectivity index (χ2v) is 3.20. The predicted octanol–water partition coefficient (Wildman–Crippen LogP) is 1.82. The fraction of sp³-hybridized carbons (Fsp3) is 0.800. The lowest BCUT2D eigenvalue weighted by atomic mass is 10.2. The molecule has 0 saturated heterocycles. The molecule has 0 spiro atoms. The van der Waals surface area contributed by atoms with E-state index in [1.807, 2.05) is 6.08 Å². The number of hydrogen-bond acceptors (Lipinski definition) is 2. The first kappa shape index (κ1) is 11.7. The molecule has 0 saturated carbocycles. The molecule has 0 aliphatic carbocycles. The van der Waals surface area contributed by atoms with E-state index in [4.69, 9.17) is 4.74 Å². The van der Waals surface area contributed by atoms with E-state index in [9.17, 15) is 0 Å². The Labute approximate surface area is 76.0 Å². The van der Waals surface area contributed by atoms with Crippen LogP contribution in [0.1, 0.15) is 19.8 Å². The highest BCUT2D eigenvalue weighted by Gasteiger charge is 1.98. The van der Waals surface area contributed by atoms with Gasteiger partial charge in [0.05, 0.1) is 0 Å². The zero-order valence-corrected chi connectivity index (χ0v) is 8.31. The standard InChI is InChI=1S/C10H21NO/c1-4-5-6-7-11-8-10(2)9-12-3/h4,10-11H,1,5-9H2,2-3H3. The van der Waals surface area contributed by atoms with Crippen molar-refractivity contribution in [2.75, 3.05) is 26.8 Å². The van der Waals surface area contributed by atoms with Crippen LogP contribution in [0.15, 0.2) is 12.7 Å². The van der Waals surface area contributed by atoms with E-state index < -0.39 is 0 Å². The number of allylic oxidation sites excluding steroid dienone is 1. The Morgan fingerprint density at radius 3 is 2.92 bits per heavy atom. The Morgan fingerprint density at radius 2 is 2.33 bits per heavy atom. The molecule has 72 valence electrons. The average Bonchev–Trinajstić information content (AvgIpc) is 2.05. The van der Waals surface area contributed by atoms with Gasteiger partial charge in [0.1, 0.15) is 0 Å². The Morgan fingerprint density at radius 1 is 1.58 bits per heavy atom. The van der Waals surface area contributed by atoms with Crippen molar-refractivity contribution in [3.8, 4) is 0 Å². The largest absolute Gasteiger partial charge is 0.384 e. The highest BCUT2D eigenvalue weighted by Crippen LogP contribution is 1.93. The predicted molar refractivity (Wildman–Crippen MR) is 53.3 cm³/mol. The van der Waals surface area contributed by atoms with Crippen molar-refractivity contribution in [2.45, 2.75) is 19.8 Å². The van der Waals surface area contributed by atoms with Crippen LogP contribution in [0.25, 0.3) is 0 Å². The number of hydrogen-bond donors (Lipinski definition) is 1. The van der Waals surface area contributed by atoms with Gasteiger partial charge in [-0.05, 0) is 31.8 Å². The maximum Gasteiger partial charge on any atom is 0.0499 e. The average molecular weight is 171 g/mol. The zero-order valence-electron chi connectivity index (χ0n) is 8.31. The van der Waals surface area contributed by atoms with E-state index in [0.29, 0.717) is 5.92 Å². The smallest absolute Gasteiger partial charge is 0.0499 e. The van der Waals surface area contributed by atoms with E-state index in [-0.39, 0.29) is 0 Å². The number of rotatable bonds is 8. The van der Waals surface area contributed by atoms with Crippen molar-refractivity contribution in [1.29, 1.82) is 0 Å². The summed E-state index contributed by atoms with van der Waals surface area (Å²) < 4.78 is 5.03. The van der Waals surface area contributed by atoms with Gasteiger partial charge in [-0.2, -0.15) is 0 Å². The summed E-state index contributed by atoms with van der Waals surface area (Å²) in [6.07, 6.45) is 4.25. The summed E-state index contributed by atoms with van der Waals surface area (Å²) in [6, 6.07) is 0. The van der Waals surface area contributed by atoms with Crippen molar-refractivity contribution in [3.63, 3.8) is 0 Å². The number of ether oxygens (including phenoxy) is 1. The number of unbranched alkanes of at least 4 members (excludes halogenated alkanes) is 1. The molecule has 1 unspecified atom stereocenters. The van der Waals surface area contributed by atoms with Crippen molar-refractivity contribution in [3.05, 3.63) is 12.7 Å². The van der Waals surface area contributed by atoms with Gasteiger partial charge in [-0.1, -0.05) is 13.0 Å². The van der Waals surface area contributed by atoms with E-state index >= 15 is 0 Å². The maximum atomic E-state index is 5.03. The van der Waals surface area contributed by atoms with Gasteiger partial charge in [0, 0.05) is 13.7 Å². The lowest BCUT2D eigenvalue weighted by Crippen LogP contribution is -2.24. The molecule has 0 amide bonds. The second kappa shape index (κ2) is 8.75. The number of nitrogens with one attached hydrogen (secondary N) is 1. The van der Waals surface area contributed by atoms with E-state index in [1.54, 1.807) is 7.11 Å². The molecular formula is C10H21NO. The molecule has 0 aromatic rings. The van der Waals surface area contributed by atoms with Crippen LogP contribution in [0.4, 0.5) is 0 Å². The first-order chi connectivity index (χ1) is 5.81. The highest BCUT2D eigenvalue weighted by atomic mass is 16.5. The molecule has 12 heavy (non-hydrogen) atoms. The molecule has 0 fully saturated rings. The summed E-state index contributed by atoms with van der Waals surface area (Å²) in [4.78, 5) is 0. The summed E-state index contributed by atoms with van der Waals surface area (Å²) in [5, 5.41) is 3.38. The molecule has 0 bridgehead atoms. The van der Waals surface area contributed by atoms with Crippen LogP contribution in [-0.2, 0) is 4.74 Å². The first-order valence-corrected chi connectivity index (χ1v) is 4.61. The Hall–Kier alpha value is -0.340. The minimum atomic E-state index is 0.610. The molecule has 0 heterocycles. The van der Waals surface area contributed by atoms with Crippen LogP contribution >= 0.6 is 0 Å². The molecule has 0 aliphatic heterocycles. The third-order valence-electron chi connectivity index (χ3n) is 1.71. The third kappa shape index (κ3) is 7.76. The molecular weight excluding hydrogens is 150 g/mol. The third-order valence-corrected chi connectivity index (χ3v) is 1.71. The quantitative estimate of drug-likeness (QED) is 0.444. The molecule has 2 nitrogen and oxygen atoms in total. The van der Waals surface area contributed by atoms with Gasteiger partial charge in [0.15, 0.2) is 0 Å². The van der Waals surface area contributed by atoms with E-state index in [0.717, 1.165) is 26.1 Å². The van der Waals surface area contributed by atoms with Crippen LogP contribution in [-0.4, -0.2) is 26.8 Å². The summed E-state index contributed by atoms with van der Waals surface area (Å²) in [5.74, 6) is 0.610. The fourth-order valence-electron chi connectivity index (χ4n) is 1.06. The van der Waals surface area contributed by atoms with Crippen LogP contribution in [0.2, 0.25) is 0 Å². The minimum absolute atomic E-state index is 0.610. The fourth-order valence-corrected chi connectivity index (χ4v) is 1.06. The molecule has 0 aromatic heterocycles. The van der Waals surface area contributed by atoms with Gasteiger partial charge in [0.25, 0.3) is 0 Å². The monoisotopic (exact) mass is 171 g/mol. The second-order valence-electron chi connectivity index (χ2n) is 3.20. The van der Waals surface area contributed by atoms with Crippen molar-refractivity contribution in [1.82, 2.24) is 5.32 Å². The van der Waals surface area contributed by atoms with E-state index in [1.165, 1.54) is 6.42 Å². The highest BCUT2D eigenvalue weighted by molar-refractivity contribution is 4.66. The van der Waals surface area contributed by atoms with Crippen molar-refractivity contribution < 1.29 is 4.74 Å². The molecule has 2 heteroatoms. The topological polar surface area (TPSA) is 21.3 Å². The summed E-state index contributed by atoms with van der Waals surface area (Å²) in [7, 11) is 1.74. The Balaban J connectivity index is 3.02.